The van der Waals surface area contributed by atoms with Crippen LogP contribution in [0.3, 0.4) is 0 Å². The zero-order valence-corrected chi connectivity index (χ0v) is 9.80. The summed E-state index contributed by atoms with van der Waals surface area (Å²) in [6, 6.07) is 9.46. The number of hydroxylamine groups is 2. The molecule has 2 amide bonds. The molecule has 0 radical (unpaired) electrons. The maximum atomic E-state index is 11.5. The molecular weight excluding hydrogens is 234 g/mol. The highest BCUT2D eigenvalue weighted by Gasteiger charge is 2.32. The molecule has 1 fully saturated rings. The Bertz CT molecular complexity index is 453. The van der Waals surface area contributed by atoms with Gasteiger partial charge in [-0.2, -0.15) is 0 Å². The van der Waals surface area contributed by atoms with E-state index in [9.17, 15) is 14.4 Å². The van der Waals surface area contributed by atoms with Crippen molar-refractivity contribution in [2.45, 2.75) is 25.7 Å². The predicted molar refractivity (Wildman–Crippen MR) is 61.9 cm³/mol. The molecule has 0 atom stereocenters. The zero-order chi connectivity index (χ0) is 13.0. The summed E-state index contributed by atoms with van der Waals surface area (Å²) in [5.41, 5.74) is 1.01. The number of nitrogens with zero attached hydrogens (tertiary/aromatic N) is 1. The van der Waals surface area contributed by atoms with Crippen LogP contribution >= 0.6 is 0 Å². The lowest BCUT2D eigenvalue weighted by Gasteiger charge is -2.12. The van der Waals surface area contributed by atoms with E-state index in [-0.39, 0.29) is 19.3 Å². The summed E-state index contributed by atoms with van der Waals surface area (Å²) in [5, 5.41) is 0.577. The molecule has 1 saturated heterocycles. The summed E-state index contributed by atoms with van der Waals surface area (Å²) >= 11 is 0. The summed E-state index contributed by atoms with van der Waals surface area (Å²) in [4.78, 5) is 38.7. The van der Waals surface area contributed by atoms with Gasteiger partial charge in [-0.1, -0.05) is 30.3 Å². The smallest absolute Gasteiger partial charge is 0.330 e. The predicted octanol–water partition coefficient (Wildman–Crippen LogP) is 1.23. The molecule has 1 aliphatic rings. The lowest BCUT2D eigenvalue weighted by atomic mass is 10.1. The van der Waals surface area contributed by atoms with Crippen LogP contribution < -0.4 is 0 Å². The van der Waals surface area contributed by atoms with Crippen molar-refractivity contribution in [2.24, 2.45) is 0 Å². The van der Waals surface area contributed by atoms with Crippen molar-refractivity contribution in [1.29, 1.82) is 0 Å². The molecule has 0 aliphatic carbocycles. The third-order valence-electron chi connectivity index (χ3n) is 2.66. The van der Waals surface area contributed by atoms with Gasteiger partial charge in [-0.15, -0.1) is 5.06 Å². The van der Waals surface area contributed by atoms with E-state index in [0.717, 1.165) is 5.56 Å². The Labute approximate surface area is 104 Å². The molecule has 0 N–H and O–H groups in total. The number of amides is 2. The van der Waals surface area contributed by atoms with E-state index in [0.29, 0.717) is 11.5 Å². The first-order valence-electron chi connectivity index (χ1n) is 5.77. The van der Waals surface area contributed by atoms with Gasteiger partial charge in [0, 0.05) is 12.8 Å². The van der Waals surface area contributed by atoms with Crippen LogP contribution in [0.15, 0.2) is 30.3 Å². The molecular formula is C13H13NO4. The number of aryl methyl sites for hydroxylation is 1. The quantitative estimate of drug-likeness (QED) is 0.750. The minimum absolute atomic E-state index is 0.116. The lowest BCUT2D eigenvalue weighted by Crippen LogP contribution is -2.32. The van der Waals surface area contributed by atoms with Gasteiger partial charge in [-0.25, -0.2) is 4.79 Å². The van der Waals surface area contributed by atoms with Gasteiger partial charge in [0.1, 0.15) is 0 Å². The Kier molecular flexibility index (Phi) is 3.72. The van der Waals surface area contributed by atoms with E-state index >= 15 is 0 Å². The normalized spacial score (nSPS) is 15.0. The van der Waals surface area contributed by atoms with Crippen molar-refractivity contribution in [3.8, 4) is 0 Å². The third-order valence-corrected chi connectivity index (χ3v) is 2.66. The standard InChI is InChI=1S/C13H13NO4/c15-11-7-8-12(16)14(11)18-13(17)9-6-10-4-2-1-3-5-10/h1-5H,6-9H2. The minimum Gasteiger partial charge on any atom is -0.330 e. The fourth-order valence-electron chi connectivity index (χ4n) is 1.70. The van der Waals surface area contributed by atoms with Crippen molar-refractivity contribution >= 4 is 17.8 Å². The number of benzene rings is 1. The number of hydrogen-bond acceptors (Lipinski definition) is 4. The maximum absolute atomic E-state index is 11.5. The largest absolute Gasteiger partial charge is 0.333 e. The molecule has 1 aromatic carbocycles. The molecule has 5 nitrogen and oxygen atoms in total. The first-order valence-corrected chi connectivity index (χ1v) is 5.77. The van der Waals surface area contributed by atoms with Crippen LogP contribution in [0.2, 0.25) is 0 Å². The van der Waals surface area contributed by atoms with Gasteiger partial charge in [0.25, 0.3) is 11.8 Å². The average Bonchev–Trinajstić information content (AvgIpc) is 2.69. The van der Waals surface area contributed by atoms with E-state index < -0.39 is 17.8 Å². The van der Waals surface area contributed by atoms with Gasteiger partial charge < -0.3 is 4.84 Å². The van der Waals surface area contributed by atoms with Crippen LogP contribution in [-0.4, -0.2) is 22.8 Å². The van der Waals surface area contributed by atoms with E-state index in [2.05, 4.69) is 0 Å². The molecule has 5 heteroatoms. The second-order valence-corrected chi connectivity index (χ2v) is 4.03. The van der Waals surface area contributed by atoms with E-state index in [4.69, 9.17) is 4.84 Å². The number of hydrogen-bond donors (Lipinski definition) is 0. The third kappa shape index (κ3) is 2.94. The molecule has 1 aliphatic heterocycles. The summed E-state index contributed by atoms with van der Waals surface area (Å²) < 4.78 is 0. The molecule has 94 valence electrons. The number of imide groups is 1. The van der Waals surface area contributed by atoms with Crippen molar-refractivity contribution in [3.63, 3.8) is 0 Å². The topological polar surface area (TPSA) is 63.7 Å². The molecule has 0 unspecified atom stereocenters. The van der Waals surface area contributed by atoms with Gasteiger partial charge >= 0.3 is 5.97 Å². The Hall–Kier alpha value is -2.17. The Morgan fingerprint density at radius 1 is 1.11 bits per heavy atom. The highest BCUT2D eigenvalue weighted by Crippen LogP contribution is 2.13. The fraction of sp³-hybridized carbons (Fsp3) is 0.308. The van der Waals surface area contributed by atoms with Crippen LogP contribution in [0, 0.1) is 0 Å². The molecule has 2 rings (SSSR count). The van der Waals surface area contributed by atoms with Gasteiger partial charge in [0.15, 0.2) is 0 Å². The SMILES string of the molecule is O=C(CCc1ccccc1)ON1C(=O)CCC1=O. The minimum atomic E-state index is -0.567. The second kappa shape index (κ2) is 5.44. The van der Waals surface area contributed by atoms with Crippen LogP contribution in [0.1, 0.15) is 24.8 Å². The Morgan fingerprint density at radius 2 is 1.72 bits per heavy atom. The number of carbonyl (C=O) groups excluding carboxylic acids is 3. The molecule has 1 aromatic rings. The molecule has 0 aromatic heterocycles. The summed E-state index contributed by atoms with van der Waals surface area (Å²) in [5.74, 6) is -1.47. The lowest BCUT2D eigenvalue weighted by molar-refractivity contribution is -0.197. The number of rotatable bonds is 4. The molecule has 18 heavy (non-hydrogen) atoms. The first kappa shape index (κ1) is 12.3. The van der Waals surface area contributed by atoms with Gasteiger partial charge in [0.2, 0.25) is 0 Å². The van der Waals surface area contributed by atoms with Gasteiger partial charge in [0.05, 0.1) is 6.42 Å². The zero-order valence-electron chi connectivity index (χ0n) is 9.80. The average molecular weight is 247 g/mol. The highest BCUT2D eigenvalue weighted by molar-refractivity contribution is 6.01. The first-order chi connectivity index (χ1) is 8.66. The summed E-state index contributed by atoms with van der Waals surface area (Å²) in [6.07, 6.45) is 0.895. The molecule has 0 spiro atoms. The van der Waals surface area contributed by atoms with Gasteiger partial charge in [-0.3, -0.25) is 9.59 Å². The van der Waals surface area contributed by atoms with E-state index in [1.807, 2.05) is 30.3 Å². The summed E-state index contributed by atoms with van der Waals surface area (Å²) in [7, 11) is 0. The second-order valence-electron chi connectivity index (χ2n) is 4.03. The van der Waals surface area contributed by atoms with Gasteiger partial charge in [-0.05, 0) is 12.0 Å². The molecule has 0 bridgehead atoms. The molecule has 1 heterocycles. The van der Waals surface area contributed by atoms with Crippen LogP contribution in [0.4, 0.5) is 0 Å². The fourth-order valence-corrected chi connectivity index (χ4v) is 1.70. The van der Waals surface area contributed by atoms with Crippen molar-refractivity contribution < 1.29 is 19.2 Å². The molecule has 0 saturated carbocycles. The Balaban J connectivity index is 1.82. The number of carbonyl (C=O) groups is 3. The summed E-state index contributed by atoms with van der Waals surface area (Å²) in [6.45, 7) is 0. The Morgan fingerprint density at radius 3 is 2.33 bits per heavy atom. The van der Waals surface area contributed by atoms with Crippen LogP contribution in [0.5, 0.6) is 0 Å². The van der Waals surface area contributed by atoms with Crippen LogP contribution in [-0.2, 0) is 25.6 Å². The monoisotopic (exact) mass is 247 g/mol. The van der Waals surface area contributed by atoms with Crippen molar-refractivity contribution in [2.75, 3.05) is 0 Å². The van der Waals surface area contributed by atoms with Crippen molar-refractivity contribution in [1.82, 2.24) is 5.06 Å². The van der Waals surface area contributed by atoms with E-state index in [1.165, 1.54) is 0 Å². The van der Waals surface area contributed by atoms with Crippen LogP contribution in [0.25, 0.3) is 0 Å². The highest BCUT2D eigenvalue weighted by atomic mass is 16.7. The van der Waals surface area contributed by atoms with E-state index in [1.54, 1.807) is 0 Å². The van der Waals surface area contributed by atoms with Crippen molar-refractivity contribution in [3.05, 3.63) is 35.9 Å². The maximum Gasteiger partial charge on any atom is 0.333 e.